The topological polar surface area (TPSA) is 37.3 Å². The number of rotatable bonds is 2. The molecule has 5 aromatic rings. The fraction of sp³-hybridized carbons (Fsp3) is 0.0741. The number of nitrogens with one attached hydrogen (secondary N) is 1. The number of aromatic nitrogens is 1. The molecular formula is C27H20FN3O. The molecule has 1 amide bonds. The van der Waals surface area contributed by atoms with E-state index in [1.54, 1.807) is 24.3 Å². The van der Waals surface area contributed by atoms with E-state index < -0.39 is 12.0 Å². The van der Waals surface area contributed by atoms with Crippen LogP contribution >= 0.6 is 0 Å². The first-order chi connectivity index (χ1) is 15.6. The molecule has 0 saturated carbocycles. The van der Waals surface area contributed by atoms with Crippen LogP contribution in [0, 0.1) is 5.82 Å². The van der Waals surface area contributed by atoms with E-state index >= 15 is 0 Å². The Morgan fingerprint density at radius 1 is 0.812 bits per heavy atom. The van der Waals surface area contributed by atoms with Gasteiger partial charge in [-0.15, -0.1) is 0 Å². The van der Waals surface area contributed by atoms with Crippen LogP contribution in [0.25, 0.3) is 21.8 Å². The Morgan fingerprint density at radius 2 is 1.53 bits per heavy atom. The van der Waals surface area contributed by atoms with Gasteiger partial charge in [-0.25, -0.2) is 4.39 Å². The van der Waals surface area contributed by atoms with Crippen molar-refractivity contribution in [2.24, 2.45) is 7.05 Å². The molecule has 1 N–H and O–H groups in total. The molecule has 0 fully saturated rings. The van der Waals surface area contributed by atoms with Gasteiger partial charge in [0.2, 0.25) is 0 Å². The van der Waals surface area contributed by atoms with E-state index in [9.17, 15) is 9.18 Å². The van der Waals surface area contributed by atoms with Crippen LogP contribution < -0.4 is 10.2 Å². The van der Waals surface area contributed by atoms with Crippen molar-refractivity contribution in [2.45, 2.75) is 6.17 Å². The van der Waals surface area contributed by atoms with Crippen LogP contribution in [0.15, 0.2) is 91.0 Å². The van der Waals surface area contributed by atoms with Crippen molar-refractivity contribution in [3.63, 3.8) is 0 Å². The maximum absolute atomic E-state index is 14.9. The lowest BCUT2D eigenvalue weighted by Gasteiger charge is -2.38. The van der Waals surface area contributed by atoms with Crippen LogP contribution in [0.3, 0.4) is 0 Å². The molecule has 0 bridgehead atoms. The average molecular weight is 421 g/mol. The highest BCUT2D eigenvalue weighted by Gasteiger charge is 2.35. The first-order valence-electron chi connectivity index (χ1n) is 10.5. The number of amides is 1. The number of fused-ring (bicyclic) bond motifs is 4. The maximum Gasteiger partial charge on any atom is 0.262 e. The van der Waals surface area contributed by atoms with Gasteiger partial charge in [-0.3, -0.25) is 9.69 Å². The molecule has 1 atom stereocenters. The van der Waals surface area contributed by atoms with Gasteiger partial charge in [-0.1, -0.05) is 48.5 Å². The lowest BCUT2D eigenvalue weighted by atomic mass is 10.0. The van der Waals surface area contributed by atoms with Gasteiger partial charge < -0.3 is 9.88 Å². The highest BCUT2D eigenvalue weighted by molar-refractivity contribution is 6.13. The summed E-state index contributed by atoms with van der Waals surface area (Å²) < 4.78 is 17.0. The van der Waals surface area contributed by atoms with E-state index in [-0.39, 0.29) is 11.6 Å². The zero-order valence-corrected chi connectivity index (χ0v) is 17.4. The summed E-state index contributed by atoms with van der Waals surface area (Å²) in [6.45, 7) is 0. The average Bonchev–Trinajstić information content (AvgIpc) is 3.11. The maximum atomic E-state index is 14.9. The molecule has 1 aliphatic heterocycles. The number of anilines is 2. The zero-order chi connectivity index (χ0) is 21.8. The molecule has 0 radical (unpaired) electrons. The summed E-state index contributed by atoms with van der Waals surface area (Å²) in [6, 6.07) is 28.2. The summed E-state index contributed by atoms with van der Waals surface area (Å²) in [7, 11) is 2.05. The predicted octanol–water partition coefficient (Wildman–Crippen LogP) is 6.24. The molecule has 1 aliphatic rings. The molecule has 5 heteroatoms. The Bertz CT molecular complexity index is 1520. The largest absolute Gasteiger partial charge is 0.360 e. The van der Waals surface area contributed by atoms with Crippen molar-refractivity contribution in [3.05, 3.63) is 108 Å². The monoisotopic (exact) mass is 421 g/mol. The van der Waals surface area contributed by atoms with E-state index in [1.807, 2.05) is 36.4 Å². The van der Waals surface area contributed by atoms with Crippen LogP contribution in [-0.2, 0) is 7.05 Å². The number of halogens is 1. The quantitative estimate of drug-likeness (QED) is 0.366. The van der Waals surface area contributed by atoms with Gasteiger partial charge in [0.1, 0.15) is 12.0 Å². The fourth-order valence-corrected chi connectivity index (χ4v) is 4.74. The fourth-order valence-electron chi connectivity index (χ4n) is 4.74. The summed E-state index contributed by atoms with van der Waals surface area (Å²) in [4.78, 5) is 15.1. The Labute approximate surface area is 184 Å². The first kappa shape index (κ1) is 18.6. The standard InChI is InChI=1S/C27H20FN3O/c1-30-23-12-6-3-8-18(23)20-16-17(14-15-24(20)30)26-29-22-11-5-2-9-19(22)27(32)31(26)25-13-7-4-10-21(25)28/h2-16,26,29H,1H3. The molecule has 0 spiro atoms. The molecule has 1 aromatic heterocycles. The summed E-state index contributed by atoms with van der Waals surface area (Å²) in [6.07, 6.45) is -0.544. The highest BCUT2D eigenvalue weighted by atomic mass is 19.1. The normalized spacial score (nSPS) is 15.8. The van der Waals surface area contributed by atoms with Crippen molar-refractivity contribution in [1.82, 2.24) is 4.57 Å². The number of benzene rings is 4. The van der Waals surface area contributed by atoms with E-state index in [1.165, 1.54) is 11.0 Å². The van der Waals surface area contributed by atoms with Crippen LogP contribution in [0.4, 0.5) is 15.8 Å². The molecule has 0 aliphatic carbocycles. The van der Waals surface area contributed by atoms with Crippen molar-refractivity contribution < 1.29 is 9.18 Å². The molecule has 0 saturated heterocycles. The Balaban J connectivity index is 1.58. The van der Waals surface area contributed by atoms with Crippen LogP contribution in [0.5, 0.6) is 0 Å². The zero-order valence-electron chi connectivity index (χ0n) is 17.4. The number of carbonyl (C=O) groups excluding carboxylic acids is 1. The molecule has 1 unspecified atom stereocenters. The van der Waals surface area contributed by atoms with Gasteiger partial charge in [0, 0.05) is 34.5 Å². The van der Waals surface area contributed by atoms with Gasteiger partial charge in [-0.05, 0) is 48.0 Å². The number of para-hydroxylation sites is 3. The van der Waals surface area contributed by atoms with Crippen LogP contribution in [-0.4, -0.2) is 10.5 Å². The molecule has 4 aromatic carbocycles. The second-order valence-corrected chi connectivity index (χ2v) is 8.07. The summed E-state index contributed by atoms with van der Waals surface area (Å²) in [5, 5.41) is 5.72. The number of hydrogen-bond acceptors (Lipinski definition) is 2. The molecule has 4 nitrogen and oxygen atoms in total. The predicted molar refractivity (Wildman–Crippen MR) is 126 cm³/mol. The van der Waals surface area contributed by atoms with Crippen molar-refractivity contribution in [3.8, 4) is 0 Å². The summed E-state index contributed by atoms with van der Waals surface area (Å²) in [5.41, 5.74) is 4.66. The highest BCUT2D eigenvalue weighted by Crippen LogP contribution is 2.39. The van der Waals surface area contributed by atoms with Gasteiger partial charge in [-0.2, -0.15) is 0 Å². The molecule has 156 valence electrons. The van der Waals surface area contributed by atoms with E-state index in [4.69, 9.17) is 0 Å². The van der Waals surface area contributed by atoms with Crippen LogP contribution in [0.2, 0.25) is 0 Å². The van der Waals surface area contributed by atoms with Crippen molar-refractivity contribution >= 4 is 39.1 Å². The number of aryl methyl sites for hydroxylation is 1. The minimum absolute atomic E-state index is 0.229. The lowest BCUT2D eigenvalue weighted by molar-refractivity contribution is 0.0974. The van der Waals surface area contributed by atoms with E-state index in [0.29, 0.717) is 5.56 Å². The third-order valence-electron chi connectivity index (χ3n) is 6.29. The number of nitrogens with zero attached hydrogens (tertiary/aromatic N) is 2. The number of carbonyl (C=O) groups is 1. The molecule has 2 heterocycles. The second kappa shape index (κ2) is 6.95. The third kappa shape index (κ3) is 2.64. The van der Waals surface area contributed by atoms with E-state index in [2.05, 4.69) is 41.2 Å². The first-order valence-corrected chi connectivity index (χ1v) is 10.5. The molecule has 32 heavy (non-hydrogen) atoms. The minimum Gasteiger partial charge on any atom is -0.360 e. The van der Waals surface area contributed by atoms with Gasteiger partial charge in [0.05, 0.1) is 11.3 Å². The third-order valence-corrected chi connectivity index (χ3v) is 6.29. The Kier molecular flexibility index (Phi) is 4.05. The smallest absolute Gasteiger partial charge is 0.262 e. The van der Waals surface area contributed by atoms with Crippen molar-refractivity contribution in [2.75, 3.05) is 10.2 Å². The van der Waals surface area contributed by atoms with Gasteiger partial charge in [0.25, 0.3) is 5.91 Å². The molecule has 6 rings (SSSR count). The minimum atomic E-state index is -0.544. The Hall–Kier alpha value is -4.12. The SMILES string of the molecule is Cn1c2ccccc2c2cc(C3Nc4ccccc4C(=O)N3c3ccccc3F)ccc21. The number of hydrogen-bond donors (Lipinski definition) is 1. The summed E-state index contributed by atoms with van der Waals surface area (Å²) in [5.74, 6) is -0.661. The second-order valence-electron chi connectivity index (χ2n) is 8.07. The van der Waals surface area contributed by atoms with Gasteiger partial charge >= 0.3 is 0 Å². The lowest BCUT2D eigenvalue weighted by Crippen LogP contribution is -2.43. The van der Waals surface area contributed by atoms with E-state index in [0.717, 1.165) is 33.1 Å². The van der Waals surface area contributed by atoms with Gasteiger partial charge in [0.15, 0.2) is 0 Å². The van der Waals surface area contributed by atoms with Crippen molar-refractivity contribution in [1.29, 1.82) is 0 Å². The summed E-state index contributed by atoms with van der Waals surface area (Å²) >= 11 is 0. The van der Waals surface area contributed by atoms with Crippen LogP contribution in [0.1, 0.15) is 22.1 Å². The molecular weight excluding hydrogens is 401 g/mol. The Morgan fingerprint density at radius 3 is 2.41 bits per heavy atom.